The summed E-state index contributed by atoms with van der Waals surface area (Å²) >= 11 is 0. The molecule has 1 aromatic rings. The smallest absolute Gasteiger partial charge is 0.326 e. The molecular weight excluding hydrogens is 258 g/mol. The van der Waals surface area contributed by atoms with E-state index in [0.717, 1.165) is 11.1 Å². The second kappa shape index (κ2) is 7.47. The maximum absolute atomic E-state index is 11.7. The van der Waals surface area contributed by atoms with Crippen molar-refractivity contribution in [3.8, 4) is 0 Å². The van der Waals surface area contributed by atoms with E-state index in [1.165, 1.54) is 0 Å². The molecule has 0 spiro atoms. The molecule has 2 amide bonds. The Morgan fingerprint density at radius 1 is 1.40 bits per heavy atom. The maximum Gasteiger partial charge on any atom is 0.326 e. The molecule has 1 aromatic heterocycles. The van der Waals surface area contributed by atoms with Gasteiger partial charge in [0, 0.05) is 18.9 Å². The van der Waals surface area contributed by atoms with Gasteiger partial charge in [-0.3, -0.25) is 4.98 Å². The van der Waals surface area contributed by atoms with Gasteiger partial charge in [0.15, 0.2) is 0 Å². The average molecular weight is 279 g/mol. The van der Waals surface area contributed by atoms with Crippen molar-refractivity contribution in [3.63, 3.8) is 0 Å². The summed E-state index contributed by atoms with van der Waals surface area (Å²) in [6.07, 6.45) is 3.76. The van der Waals surface area contributed by atoms with Crippen molar-refractivity contribution in [3.05, 3.63) is 29.6 Å². The van der Waals surface area contributed by atoms with Gasteiger partial charge in [-0.15, -0.1) is 0 Å². The number of hydrogen-bond donors (Lipinski definition) is 3. The number of hydrogen-bond acceptors (Lipinski definition) is 3. The Morgan fingerprint density at radius 2 is 2.10 bits per heavy atom. The largest absolute Gasteiger partial charge is 0.480 e. The number of nitrogens with one attached hydrogen (secondary N) is 2. The molecule has 0 saturated carbocycles. The van der Waals surface area contributed by atoms with Crippen LogP contribution in [0.25, 0.3) is 0 Å². The predicted molar refractivity (Wildman–Crippen MR) is 75.2 cm³/mol. The number of pyridine rings is 1. The SMILES string of the molecule is Cc1ccncc1CNC(=O)NC(CC(C)C)C(=O)O. The zero-order valence-corrected chi connectivity index (χ0v) is 12.0. The fourth-order valence-electron chi connectivity index (χ4n) is 1.76. The number of carbonyl (C=O) groups is 2. The lowest BCUT2D eigenvalue weighted by Gasteiger charge is -2.17. The minimum Gasteiger partial charge on any atom is -0.480 e. The lowest BCUT2D eigenvalue weighted by molar-refractivity contribution is -0.139. The number of carboxylic acids is 1. The topological polar surface area (TPSA) is 91.3 Å². The van der Waals surface area contributed by atoms with Crippen molar-refractivity contribution < 1.29 is 14.7 Å². The molecule has 1 rings (SSSR count). The second-order valence-corrected chi connectivity index (χ2v) is 5.15. The zero-order valence-electron chi connectivity index (χ0n) is 12.0. The van der Waals surface area contributed by atoms with Gasteiger partial charge < -0.3 is 15.7 Å². The zero-order chi connectivity index (χ0) is 15.1. The van der Waals surface area contributed by atoms with Gasteiger partial charge in [0.25, 0.3) is 0 Å². The Morgan fingerprint density at radius 3 is 2.65 bits per heavy atom. The summed E-state index contributed by atoms with van der Waals surface area (Å²) in [6, 6.07) is 0.500. The normalized spacial score (nSPS) is 12.0. The monoisotopic (exact) mass is 279 g/mol. The third-order valence-corrected chi connectivity index (χ3v) is 2.90. The van der Waals surface area contributed by atoms with Gasteiger partial charge in [-0.05, 0) is 36.5 Å². The summed E-state index contributed by atoms with van der Waals surface area (Å²) < 4.78 is 0. The van der Waals surface area contributed by atoms with Gasteiger partial charge in [0.1, 0.15) is 6.04 Å². The van der Waals surface area contributed by atoms with Crippen LogP contribution >= 0.6 is 0 Å². The molecule has 6 heteroatoms. The van der Waals surface area contributed by atoms with Crippen LogP contribution in [0.1, 0.15) is 31.4 Å². The minimum absolute atomic E-state index is 0.192. The molecule has 6 nitrogen and oxygen atoms in total. The van der Waals surface area contributed by atoms with Crippen molar-refractivity contribution in [2.24, 2.45) is 5.92 Å². The molecule has 1 atom stereocenters. The molecule has 1 heterocycles. The first-order valence-electron chi connectivity index (χ1n) is 6.56. The molecule has 0 aliphatic heterocycles. The minimum atomic E-state index is -1.02. The fraction of sp³-hybridized carbons (Fsp3) is 0.500. The van der Waals surface area contributed by atoms with Gasteiger partial charge in [-0.1, -0.05) is 13.8 Å². The molecule has 0 radical (unpaired) electrons. The average Bonchev–Trinajstić information content (AvgIpc) is 2.36. The highest BCUT2D eigenvalue weighted by Crippen LogP contribution is 2.06. The molecule has 0 fully saturated rings. The van der Waals surface area contributed by atoms with Gasteiger partial charge in [0.2, 0.25) is 0 Å². The maximum atomic E-state index is 11.7. The van der Waals surface area contributed by atoms with Crippen LogP contribution in [0.3, 0.4) is 0 Å². The van der Waals surface area contributed by atoms with E-state index >= 15 is 0 Å². The molecule has 1 unspecified atom stereocenters. The van der Waals surface area contributed by atoms with Gasteiger partial charge >= 0.3 is 12.0 Å². The third-order valence-electron chi connectivity index (χ3n) is 2.90. The highest BCUT2D eigenvalue weighted by molar-refractivity contribution is 5.82. The van der Waals surface area contributed by atoms with Gasteiger partial charge in [0.05, 0.1) is 0 Å². The van der Waals surface area contributed by atoms with E-state index in [2.05, 4.69) is 15.6 Å². The number of nitrogens with zero attached hydrogens (tertiary/aromatic N) is 1. The molecule has 0 aliphatic rings. The quantitative estimate of drug-likeness (QED) is 0.739. The summed E-state index contributed by atoms with van der Waals surface area (Å²) in [5.41, 5.74) is 1.93. The van der Waals surface area contributed by atoms with E-state index in [1.54, 1.807) is 12.4 Å². The molecule has 20 heavy (non-hydrogen) atoms. The fourth-order valence-corrected chi connectivity index (χ4v) is 1.76. The van der Waals surface area contributed by atoms with Gasteiger partial charge in [-0.25, -0.2) is 9.59 Å². The number of aliphatic carboxylic acids is 1. The number of amides is 2. The van der Waals surface area contributed by atoms with Crippen molar-refractivity contribution in [1.29, 1.82) is 0 Å². The summed E-state index contributed by atoms with van der Waals surface area (Å²) in [4.78, 5) is 26.8. The number of urea groups is 1. The molecule has 0 aliphatic carbocycles. The standard InChI is InChI=1S/C14H21N3O3/c1-9(2)6-12(13(18)19)17-14(20)16-8-11-7-15-5-4-10(11)3/h4-5,7,9,12H,6,8H2,1-3H3,(H,18,19)(H2,16,17,20). The lowest BCUT2D eigenvalue weighted by atomic mass is 10.0. The molecule has 3 N–H and O–H groups in total. The van der Waals surface area contributed by atoms with Crippen LogP contribution < -0.4 is 10.6 Å². The number of carboxylic acid groups (broad SMARTS) is 1. The number of rotatable bonds is 6. The predicted octanol–water partition coefficient (Wildman–Crippen LogP) is 1.69. The Hall–Kier alpha value is -2.11. The summed E-state index contributed by atoms with van der Waals surface area (Å²) in [7, 11) is 0. The molecule has 0 aromatic carbocycles. The van der Waals surface area contributed by atoms with Crippen molar-refractivity contribution >= 4 is 12.0 Å². The molecular formula is C14H21N3O3. The number of carbonyl (C=O) groups excluding carboxylic acids is 1. The summed E-state index contributed by atoms with van der Waals surface area (Å²) in [6.45, 7) is 6.07. The van der Waals surface area contributed by atoms with Crippen LogP contribution in [0.15, 0.2) is 18.5 Å². The van der Waals surface area contributed by atoms with Gasteiger partial charge in [-0.2, -0.15) is 0 Å². The van der Waals surface area contributed by atoms with Crippen LogP contribution in [-0.2, 0) is 11.3 Å². The Bertz CT molecular complexity index is 474. The number of aromatic nitrogens is 1. The van der Waals surface area contributed by atoms with Crippen molar-refractivity contribution in [2.75, 3.05) is 0 Å². The molecule has 0 saturated heterocycles. The summed E-state index contributed by atoms with van der Waals surface area (Å²) in [5.74, 6) is -0.830. The Balaban J connectivity index is 2.50. The van der Waals surface area contributed by atoms with Crippen LogP contribution in [0, 0.1) is 12.8 Å². The Kier molecular flexibility index (Phi) is 5.96. The van der Waals surface area contributed by atoms with E-state index in [9.17, 15) is 9.59 Å². The van der Waals surface area contributed by atoms with Crippen LogP contribution in [0.4, 0.5) is 4.79 Å². The first-order chi connectivity index (χ1) is 9.40. The van der Waals surface area contributed by atoms with E-state index in [4.69, 9.17) is 5.11 Å². The summed E-state index contributed by atoms with van der Waals surface area (Å²) in [5, 5.41) is 14.2. The van der Waals surface area contributed by atoms with E-state index in [1.807, 2.05) is 26.8 Å². The second-order valence-electron chi connectivity index (χ2n) is 5.15. The Labute approximate surface area is 118 Å². The van der Waals surface area contributed by atoms with Crippen molar-refractivity contribution in [2.45, 2.75) is 39.8 Å². The van der Waals surface area contributed by atoms with E-state index < -0.39 is 18.0 Å². The molecule has 110 valence electrons. The first-order valence-corrected chi connectivity index (χ1v) is 6.56. The first kappa shape index (κ1) is 15.9. The lowest BCUT2D eigenvalue weighted by Crippen LogP contribution is -2.46. The van der Waals surface area contributed by atoms with Crippen molar-refractivity contribution in [1.82, 2.24) is 15.6 Å². The number of aryl methyl sites for hydroxylation is 1. The van der Waals surface area contributed by atoms with E-state index in [0.29, 0.717) is 13.0 Å². The third kappa shape index (κ3) is 5.26. The van der Waals surface area contributed by atoms with Crippen LogP contribution in [0.2, 0.25) is 0 Å². The van der Waals surface area contributed by atoms with E-state index in [-0.39, 0.29) is 5.92 Å². The van der Waals surface area contributed by atoms with Crippen LogP contribution in [0.5, 0.6) is 0 Å². The van der Waals surface area contributed by atoms with Crippen LogP contribution in [-0.4, -0.2) is 28.1 Å². The molecule has 0 bridgehead atoms. The highest BCUT2D eigenvalue weighted by atomic mass is 16.4. The highest BCUT2D eigenvalue weighted by Gasteiger charge is 2.20.